The van der Waals surface area contributed by atoms with Gasteiger partial charge in [0.1, 0.15) is 5.82 Å². The van der Waals surface area contributed by atoms with Crippen LogP contribution in [0.5, 0.6) is 0 Å². The Hall–Kier alpha value is -1.93. The number of hydrogen-bond acceptors (Lipinski definition) is 5. The monoisotopic (exact) mass is 399 g/mol. The van der Waals surface area contributed by atoms with Gasteiger partial charge in [-0.2, -0.15) is 0 Å². The van der Waals surface area contributed by atoms with Gasteiger partial charge >= 0.3 is 0 Å². The van der Waals surface area contributed by atoms with Gasteiger partial charge in [-0.05, 0) is 42.0 Å². The van der Waals surface area contributed by atoms with E-state index >= 15 is 0 Å². The van der Waals surface area contributed by atoms with Gasteiger partial charge in [0, 0.05) is 30.8 Å². The van der Waals surface area contributed by atoms with Crippen LogP contribution < -0.4 is 4.90 Å². The first kappa shape index (κ1) is 20.4. The quantitative estimate of drug-likeness (QED) is 0.682. The Labute approximate surface area is 154 Å². The lowest BCUT2D eigenvalue weighted by Gasteiger charge is -2.25. The highest BCUT2D eigenvalue weighted by atomic mass is 32.2. The van der Waals surface area contributed by atoms with E-state index in [4.69, 9.17) is 0 Å². The number of hydrogen-bond donors (Lipinski definition) is 0. The average Bonchev–Trinajstić information content (AvgIpc) is 2.59. The summed E-state index contributed by atoms with van der Waals surface area (Å²) in [4.78, 5) is 2.04. The highest BCUT2D eigenvalue weighted by molar-refractivity contribution is 7.91. The molecule has 8 heteroatoms. The van der Waals surface area contributed by atoms with Crippen molar-refractivity contribution in [1.29, 1.82) is 0 Å². The van der Waals surface area contributed by atoms with Gasteiger partial charge in [0.15, 0.2) is 19.7 Å². The van der Waals surface area contributed by atoms with E-state index < -0.39 is 19.7 Å². The van der Waals surface area contributed by atoms with Gasteiger partial charge in [-0.1, -0.05) is 19.1 Å². The summed E-state index contributed by atoms with van der Waals surface area (Å²) in [5.74, 6) is -0.297. The minimum absolute atomic E-state index is 0.0154. The Morgan fingerprint density at radius 1 is 0.923 bits per heavy atom. The lowest BCUT2D eigenvalue weighted by molar-refractivity contribution is 0.595. The van der Waals surface area contributed by atoms with E-state index in [1.165, 1.54) is 24.3 Å². The van der Waals surface area contributed by atoms with Crippen molar-refractivity contribution in [3.8, 4) is 0 Å². The van der Waals surface area contributed by atoms with E-state index in [9.17, 15) is 21.2 Å². The Balaban J connectivity index is 2.28. The lowest BCUT2D eigenvalue weighted by Crippen LogP contribution is -2.29. The van der Waals surface area contributed by atoms with Crippen LogP contribution in [-0.2, 0) is 26.2 Å². The largest absolute Gasteiger partial charge is 0.366 e. The van der Waals surface area contributed by atoms with Crippen LogP contribution in [0.15, 0.2) is 53.4 Å². The third kappa shape index (κ3) is 5.81. The molecule has 0 saturated heterocycles. The molecule has 0 spiro atoms. The van der Waals surface area contributed by atoms with Crippen LogP contribution in [0, 0.1) is 5.82 Å². The second kappa shape index (κ2) is 8.18. The molecule has 0 aliphatic rings. The molecule has 0 bridgehead atoms. The first-order valence-corrected chi connectivity index (χ1v) is 11.8. The van der Waals surface area contributed by atoms with Crippen molar-refractivity contribution in [1.82, 2.24) is 0 Å². The summed E-state index contributed by atoms with van der Waals surface area (Å²) in [7, 11) is -6.45. The van der Waals surface area contributed by atoms with E-state index in [2.05, 4.69) is 0 Å². The molecule has 2 rings (SSSR count). The molecule has 26 heavy (non-hydrogen) atoms. The summed E-state index contributed by atoms with van der Waals surface area (Å²) < 4.78 is 60.0. The molecule has 5 nitrogen and oxygen atoms in total. The number of benzene rings is 2. The molecule has 0 atom stereocenters. The van der Waals surface area contributed by atoms with Gasteiger partial charge in [0.2, 0.25) is 0 Å². The number of nitrogens with zero attached hydrogens (tertiary/aromatic N) is 1. The highest BCUT2D eigenvalue weighted by Crippen LogP contribution is 2.20. The summed E-state index contributed by atoms with van der Waals surface area (Å²) in [5, 5.41) is 0. The van der Waals surface area contributed by atoms with Crippen LogP contribution in [0.4, 0.5) is 10.1 Å². The minimum Gasteiger partial charge on any atom is -0.366 e. The highest BCUT2D eigenvalue weighted by Gasteiger charge is 2.15. The smallest absolute Gasteiger partial charge is 0.175 e. The molecule has 0 radical (unpaired) electrons. The van der Waals surface area contributed by atoms with Gasteiger partial charge in [-0.15, -0.1) is 0 Å². The predicted molar refractivity (Wildman–Crippen MR) is 101 cm³/mol. The van der Waals surface area contributed by atoms with Crippen molar-refractivity contribution in [2.45, 2.75) is 18.4 Å². The van der Waals surface area contributed by atoms with Crippen molar-refractivity contribution in [3.63, 3.8) is 0 Å². The standard InChI is InChI=1S/C18H22FNO4S2/c1-3-26(23,24)13-12-20(14-15-4-6-16(19)7-5-15)17-8-10-18(11-9-17)25(2,21)22/h4-11H,3,12-14H2,1-2H3. The van der Waals surface area contributed by atoms with E-state index in [-0.39, 0.29) is 28.8 Å². The summed E-state index contributed by atoms with van der Waals surface area (Å²) in [6, 6.07) is 12.3. The summed E-state index contributed by atoms with van der Waals surface area (Å²) >= 11 is 0. The minimum atomic E-state index is -3.30. The van der Waals surface area contributed by atoms with E-state index in [0.717, 1.165) is 11.8 Å². The molecule has 0 aromatic heterocycles. The van der Waals surface area contributed by atoms with Crippen LogP contribution in [0.3, 0.4) is 0 Å². The zero-order chi connectivity index (χ0) is 19.4. The first-order chi connectivity index (χ1) is 12.1. The van der Waals surface area contributed by atoms with Crippen LogP contribution in [0.1, 0.15) is 12.5 Å². The average molecular weight is 400 g/mol. The van der Waals surface area contributed by atoms with Crippen LogP contribution in [-0.4, -0.2) is 41.1 Å². The fourth-order valence-electron chi connectivity index (χ4n) is 2.41. The Kier molecular flexibility index (Phi) is 6.41. The molecule has 0 fully saturated rings. The van der Waals surface area contributed by atoms with Crippen molar-refractivity contribution in [2.75, 3.05) is 29.2 Å². The number of sulfone groups is 2. The maximum absolute atomic E-state index is 13.1. The molecule has 0 N–H and O–H groups in total. The molecule has 0 saturated carbocycles. The Morgan fingerprint density at radius 3 is 2.00 bits per heavy atom. The van der Waals surface area contributed by atoms with E-state index in [0.29, 0.717) is 12.2 Å². The second-order valence-corrected chi connectivity index (χ2v) is 10.5. The third-order valence-corrected chi connectivity index (χ3v) is 6.84. The summed E-state index contributed by atoms with van der Waals surface area (Å²) in [5.41, 5.74) is 1.53. The number of anilines is 1. The maximum Gasteiger partial charge on any atom is 0.175 e. The molecule has 2 aromatic rings. The molecular formula is C18H22FNO4S2. The topological polar surface area (TPSA) is 71.5 Å². The maximum atomic E-state index is 13.1. The normalized spacial score (nSPS) is 12.1. The van der Waals surface area contributed by atoms with Crippen LogP contribution >= 0.6 is 0 Å². The zero-order valence-electron chi connectivity index (χ0n) is 14.7. The summed E-state index contributed by atoms with van der Waals surface area (Å²) in [6.07, 6.45) is 1.13. The summed E-state index contributed by atoms with van der Waals surface area (Å²) in [6.45, 7) is 2.24. The van der Waals surface area contributed by atoms with Crippen molar-refractivity contribution in [3.05, 3.63) is 59.9 Å². The fraction of sp³-hybridized carbons (Fsp3) is 0.333. The third-order valence-electron chi connectivity index (χ3n) is 4.03. The number of halogens is 1. The van der Waals surface area contributed by atoms with Crippen molar-refractivity contribution >= 4 is 25.4 Å². The van der Waals surface area contributed by atoms with Gasteiger partial charge < -0.3 is 4.90 Å². The van der Waals surface area contributed by atoms with E-state index in [1.54, 1.807) is 31.2 Å². The van der Waals surface area contributed by atoms with Crippen molar-refractivity contribution < 1.29 is 21.2 Å². The van der Waals surface area contributed by atoms with Gasteiger partial charge in [0.05, 0.1) is 10.6 Å². The van der Waals surface area contributed by atoms with Crippen LogP contribution in [0.2, 0.25) is 0 Å². The van der Waals surface area contributed by atoms with Gasteiger partial charge in [0.25, 0.3) is 0 Å². The first-order valence-electron chi connectivity index (χ1n) is 8.10. The van der Waals surface area contributed by atoms with Gasteiger partial charge in [-0.25, -0.2) is 21.2 Å². The molecule has 0 heterocycles. The molecular weight excluding hydrogens is 377 g/mol. The number of rotatable bonds is 8. The van der Waals surface area contributed by atoms with E-state index in [1.807, 2.05) is 4.90 Å². The Morgan fingerprint density at radius 2 is 1.50 bits per heavy atom. The molecule has 142 valence electrons. The molecule has 0 amide bonds. The van der Waals surface area contributed by atoms with Gasteiger partial charge in [-0.3, -0.25) is 0 Å². The lowest BCUT2D eigenvalue weighted by atomic mass is 10.2. The Bertz CT molecular complexity index is 938. The van der Waals surface area contributed by atoms with Crippen LogP contribution in [0.25, 0.3) is 0 Å². The molecule has 0 aliphatic carbocycles. The molecule has 0 unspecified atom stereocenters. The predicted octanol–water partition coefficient (Wildman–Crippen LogP) is 2.67. The molecule has 0 aliphatic heterocycles. The second-order valence-electron chi connectivity index (χ2n) is 6.05. The SMILES string of the molecule is CCS(=O)(=O)CCN(Cc1ccc(F)cc1)c1ccc(S(C)(=O)=O)cc1. The zero-order valence-corrected chi connectivity index (χ0v) is 16.4. The molecule has 2 aromatic carbocycles. The van der Waals surface area contributed by atoms with Crippen molar-refractivity contribution in [2.24, 2.45) is 0 Å². The fourth-order valence-corrected chi connectivity index (χ4v) is 3.83.